The molecule has 0 aromatic carbocycles. The van der Waals surface area contributed by atoms with E-state index in [0.717, 1.165) is 24.3 Å². The van der Waals surface area contributed by atoms with Crippen molar-refractivity contribution in [1.29, 1.82) is 0 Å². The van der Waals surface area contributed by atoms with Crippen LogP contribution in [0.2, 0.25) is 0 Å². The summed E-state index contributed by atoms with van der Waals surface area (Å²) in [5.74, 6) is 2.87. The van der Waals surface area contributed by atoms with Crippen molar-refractivity contribution >= 4 is 0 Å². The van der Waals surface area contributed by atoms with Gasteiger partial charge in [0, 0.05) is 31.9 Å². The fourth-order valence-corrected chi connectivity index (χ4v) is 3.73. The summed E-state index contributed by atoms with van der Waals surface area (Å²) in [7, 11) is 2.12. The molecular formula is C17H29N3. The smallest absolute Gasteiger partial charge is 0.108 e. The third-order valence-corrected chi connectivity index (χ3v) is 5.29. The number of aryl methyl sites for hydroxylation is 1. The van der Waals surface area contributed by atoms with E-state index in [0.29, 0.717) is 5.41 Å². The molecule has 1 N–H and O–H groups in total. The summed E-state index contributed by atoms with van der Waals surface area (Å²) in [4.78, 5) is 4.54. The normalized spacial score (nSPS) is 29.6. The first-order valence-corrected chi connectivity index (χ1v) is 8.23. The molecule has 0 bridgehead atoms. The van der Waals surface area contributed by atoms with Crippen molar-refractivity contribution in [2.75, 3.05) is 6.54 Å². The summed E-state index contributed by atoms with van der Waals surface area (Å²) in [6.45, 7) is 6.09. The number of rotatable bonds is 5. The standard InChI is InChI=1S/C17H29N3/c1-17(2)7-6-13(12-19-15-4-5-15)14(11-17)10-16-18-8-9-20(16)3/h8-9,13-15,19H,4-7,10-12H2,1-3H3. The Bertz CT molecular complexity index is 443. The third kappa shape index (κ3) is 3.43. The van der Waals surface area contributed by atoms with E-state index in [2.05, 4.69) is 42.0 Å². The van der Waals surface area contributed by atoms with Crippen LogP contribution in [0.15, 0.2) is 12.4 Å². The van der Waals surface area contributed by atoms with Crippen molar-refractivity contribution in [3.8, 4) is 0 Å². The van der Waals surface area contributed by atoms with Crippen LogP contribution < -0.4 is 5.32 Å². The van der Waals surface area contributed by atoms with E-state index in [1.54, 1.807) is 0 Å². The van der Waals surface area contributed by atoms with Crippen LogP contribution in [0.1, 0.15) is 51.8 Å². The number of imidazole rings is 1. The van der Waals surface area contributed by atoms with Gasteiger partial charge in [-0.1, -0.05) is 13.8 Å². The molecule has 2 aliphatic carbocycles. The van der Waals surface area contributed by atoms with Gasteiger partial charge in [-0.15, -0.1) is 0 Å². The Balaban J connectivity index is 1.65. The summed E-state index contributed by atoms with van der Waals surface area (Å²) in [6.07, 6.45) is 12.0. The molecule has 3 rings (SSSR count). The maximum Gasteiger partial charge on any atom is 0.108 e. The van der Waals surface area contributed by atoms with Crippen LogP contribution in [-0.2, 0) is 13.5 Å². The summed E-state index contributed by atoms with van der Waals surface area (Å²) < 4.78 is 2.19. The predicted molar refractivity (Wildman–Crippen MR) is 82.5 cm³/mol. The van der Waals surface area contributed by atoms with Crippen molar-refractivity contribution in [2.45, 2.75) is 58.4 Å². The van der Waals surface area contributed by atoms with E-state index in [1.807, 2.05) is 6.20 Å². The van der Waals surface area contributed by atoms with E-state index in [1.165, 1.54) is 44.5 Å². The van der Waals surface area contributed by atoms with Crippen molar-refractivity contribution in [3.63, 3.8) is 0 Å². The second-order valence-corrected chi connectivity index (χ2v) is 7.77. The second-order valence-electron chi connectivity index (χ2n) is 7.77. The Morgan fingerprint density at radius 2 is 2.10 bits per heavy atom. The highest BCUT2D eigenvalue weighted by atomic mass is 15.0. The van der Waals surface area contributed by atoms with Crippen LogP contribution in [0.4, 0.5) is 0 Å². The van der Waals surface area contributed by atoms with Gasteiger partial charge < -0.3 is 9.88 Å². The summed E-state index contributed by atoms with van der Waals surface area (Å²) in [5, 5.41) is 3.75. The number of aromatic nitrogens is 2. The fraction of sp³-hybridized carbons (Fsp3) is 0.824. The molecule has 0 radical (unpaired) electrons. The van der Waals surface area contributed by atoms with Gasteiger partial charge in [-0.2, -0.15) is 0 Å². The lowest BCUT2D eigenvalue weighted by atomic mass is 9.66. The molecule has 2 fully saturated rings. The van der Waals surface area contributed by atoms with Gasteiger partial charge >= 0.3 is 0 Å². The van der Waals surface area contributed by atoms with Crippen LogP contribution in [0.3, 0.4) is 0 Å². The minimum Gasteiger partial charge on any atom is -0.338 e. The molecule has 0 amide bonds. The van der Waals surface area contributed by atoms with Gasteiger partial charge in [0.15, 0.2) is 0 Å². The molecule has 20 heavy (non-hydrogen) atoms. The Kier molecular flexibility index (Phi) is 3.89. The Hall–Kier alpha value is -0.830. The largest absolute Gasteiger partial charge is 0.338 e. The van der Waals surface area contributed by atoms with Gasteiger partial charge in [0.2, 0.25) is 0 Å². The summed E-state index contributed by atoms with van der Waals surface area (Å²) in [5.41, 5.74) is 0.506. The van der Waals surface area contributed by atoms with Gasteiger partial charge in [-0.25, -0.2) is 4.98 Å². The van der Waals surface area contributed by atoms with Crippen LogP contribution in [0.5, 0.6) is 0 Å². The minimum absolute atomic E-state index is 0.506. The zero-order valence-corrected chi connectivity index (χ0v) is 13.2. The Morgan fingerprint density at radius 3 is 2.75 bits per heavy atom. The average Bonchev–Trinajstić information content (AvgIpc) is 3.12. The highest BCUT2D eigenvalue weighted by molar-refractivity contribution is 4.97. The molecule has 2 atom stereocenters. The van der Waals surface area contributed by atoms with E-state index >= 15 is 0 Å². The molecule has 1 aromatic rings. The molecule has 3 nitrogen and oxygen atoms in total. The number of nitrogens with one attached hydrogen (secondary N) is 1. The molecular weight excluding hydrogens is 246 g/mol. The van der Waals surface area contributed by atoms with Crippen molar-refractivity contribution in [3.05, 3.63) is 18.2 Å². The first kappa shape index (κ1) is 14.1. The summed E-state index contributed by atoms with van der Waals surface area (Å²) in [6, 6.07) is 0.832. The molecule has 2 aliphatic rings. The minimum atomic E-state index is 0.506. The van der Waals surface area contributed by atoms with Gasteiger partial charge in [0.25, 0.3) is 0 Å². The monoisotopic (exact) mass is 275 g/mol. The van der Waals surface area contributed by atoms with Crippen molar-refractivity contribution in [2.24, 2.45) is 24.3 Å². The van der Waals surface area contributed by atoms with Crippen LogP contribution in [0.25, 0.3) is 0 Å². The zero-order chi connectivity index (χ0) is 14.2. The Morgan fingerprint density at radius 1 is 1.30 bits per heavy atom. The summed E-state index contributed by atoms with van der Waals surface area (Å²) >= 11 is 0. The zero-order valence-electron chi connectivity index (χ0n) is 13.2. The Labute approximate surface area is 123 Å². The SMILES string of the molecule is Cn1ccnc1CC1CC(C)(C)CCC1CNC1CC1. The molecule has 2 unspecified atom stereocenters. The van der Waals surface area contributed by atoms with Gasteiger partial charge in [0.1, 0.15) is 5.82 Å². The number of hydrogen-bond acceptors (Lipinski definition) is 2. The molecule has 0 spiro atoms. The van der Waals surface area contributed by atoms with Crippen LogP contribution >= 0.6 is 0 Å². The maximum atomic E-state index is 4.54. The highest BCUT2D eigenvalue weighted by Gasteiger charge is 2.36. The molecule has 3 heteroatoms. The topological polar surface area (TPSA) is 29.9 Å². The third-order valence-electron chi connectivity index (χ3n) is 5.29. The van der Waals surface area contributed by atoms with Crippen LogP contribution in [-0.4, -0.2) is 22.1 Å². The first-order chi connectivity index (χ1) is 9.53. The van der Waals surface area contributed by atoms with E-state index < -0.39 is 0 Å². The van der Waals surface area contributed by atoms with E-state index in [4.69, 9.17) is 0 Å². The highest BCUT2D eigenvalue weighted by Crippen LogP contribution is 2.43. The molecule has 112 valence electrons. The average molecular weight is 275 g/mol. The number of nitrogens with zero attached hydrogens (tertiary/aromatic N) is 2. The van der Waals surface area contributed by atoms with Crippen molar-refractivity contribution < 1.29 is 0 Å². The van der Waals surface area contributed by atoms with E-state index in [-0.39, 0.29) is 0 Å². The molecule has 1 heterocycles. The van der Waals surface area contributed by atoms with Gasteiger partial charge in [-0.3, -0.25) is 0 Å². The van der Waals surface area contributed by atoms with Gasteiger partial charge in [-0.05, 0) is 55.9 Å². The second kappa shape index (κ2) is 5.51. The molecule has 0 aliphatic heterocycles. The molecule has 0 saturated heterocycles. The van der Waals surface area contributed by atoms with Crippen molar-refractivity contribution in [1.82, 2.24) is 14.9 Å². The lowest BCUT2D eigenvalue weighted by molar-refractivity contribution is 0.114. The quantitative estimate of drug-likeness (QED) is 0.894. The lowest BCUT2D eigenvalue weighted by Gasteiger charge is -2.41. The molecule has 1 aromatic heterocycles. The molecule has 2 saturated carbocycles. The van der Waals surface area contributed by atoms with Gasteiger partial charge in [0.05, 0.1) is 0 Å². The maximum absolute atomic E-state index is 4.54. The lowest BCUT2D eigenvalue weighted by Crippen LogP contribution is -2.37. The fourth-order valence-electron chi connectivity index (χ4n) is 3.73. The predicted octanol–water partition coefficient (Wildman–Crippen LogP) is 3.16. The first-order valence-electron chi connectivity index (χ1n) is 8.23. The number of hydrogen-bond donors (Lipinski definition) is 1. The van der Waals surface area contributed by atoms with Crippen LogP contribution in [0, 0.1) is 17.3 Å². The van der Waals surface area contributed by atoms with E-state index in [9.17, 15) is 0 Å².